The summed E-state index contributed by atoms with van der Waals surface area (Å²) in [4.78, 5) is 8.68. The van der Waals surface area contributed by atoms with E-state index in [2.05, 4.69) is 20.7 Å². The summed E-state index contributed by atoms with van der Waals surface area (Å²) in [6.45, 7) is 0. The summed E-state index contributed by atoms with van der Waals surface area (Å²) in [5.41, 5.74) is 12.7. The van der Waals surface area contributed by atoms with Crippen LogP contribution in [0.1, 0.15) is 0 Å². The summed E-state index contributed by atoms with van der Waals surface area (Å²) in [6, 6.07) is 25.2. The van der Waals surface area contributed by atoms with Gasteiger partial charge in [0.05, 0.1) is 31.3 Å². The van der Waals surface area contributed by atoms with E-state index in [-0.39, 0.29) is 0 Å². The average molecular weight is 428 g/mol. The number of ether oxygens (including phenoxy) is 2. The van der Waals surface area contributed by atoms with Crippen molar-refractivity contribution < 1.29 is 9.47 Å². The highest BCUT2D eigenvalue weighted by atomic mass is 16.5. The fourth-order valence-corrected chi connectivity index (χ4v) is 3.16. The van der Waals surface area contributed by atoms with Gasteiger partial charge in [0.25, 0.3) is 0 Å². The first-order chi connectivity index (χ1) is 15.7. The number of nitrogens with two attached hydrogens (primary N) is 1. The fraction of sp³-hybridized carbons (Fsp3) is 0.0833. The van der Waals surface area contributed by atoms with E-state index < -0.39 is 0 Å². The van der Waals surface area contributed by atoms with Crippen molar-refractivity contribution in [2.45, 2.75) is 0 Å². The van der Waals surface area contributed by atoms with Gasteiger partial charge in [-0.1, -0.05) is 36.4 Å². The molecule has 0 spiro atoms. The smallest absolute Gasteiger partial charge is 0.173 e. The van der Waals surface area contributed by atoms with E-state index in [4.69, 9.17) is 15.2 Å². The third kappa shape index (κ3) is 4.49. The van der Waals surface area contributed by atoms with Crippen LogP contribution >= 0.6 is 0 Å². The molecule has 0 aliphatic carbocycles. The number of rotatable bonds is 8. The zero-order valence-electron chi connectivity index (χ0n) is 17.8. The van der Waals surface area contributed by atoms with Crippen LogP contribution in [0.5, 0.6) is 11.5 Å². The molecule has 162 valence electrons. The number of nitrogen functional groups attached to an aromatic ring is 1. The minimum atomic E-state index is 0.356. The molecule has 0 atom stereocenters. The molecule has 0 amide bonds. The molecule has 0 fully saturated rings. The quantitative estimate of drug-likeness (QED) is 0.338. The third-order valence-electron chi connectivity index (χ3n) is 4.79. The number of aromatic nitrogens is 2. The van der Waals surface area contributed by atoms with Crippen molar-refractivity contribution in [2.75, 3.05) is 35.7 Å². The molecule has 0 aliphatic rings. The molecule has 0 radical (unpaired) electrons. The Morgan fingerprint density at radius 3 is 2.00 bits per heavy atom. The maximum atomic E-state index is 6.45. The van der Waals surface area contributed by atoms with E-state index >= 15 is 0 Å². The zero-order valence-corrected chi connectivity index (χ0v) is 17.8. The van der Waals surface area contributed by atoms with Crippen molar-refractivity contribution >= 4 is 34.4 Å². The molecule has 1 aromatic heterocycles. The van der Waals surface area contributed by atoms with Crippen LogP contribution in [0.4, 0.5) is 34.4 Å². The molecule has 4 aromatic rings. The second kappa shape index (κ2) is 9.57. The summed E-state index contributed by atoms with van der Waals surface area (Å²) in [6.07, 6.45) is 1.45. The summed E-state index contributed by atoms with van der Waals surface area (Å²) < 4.78 is 10.8. The van der Waals surface area contributed by atoms with E-state index in [0.717, 1.165) is 11.4 Å². The molecular weight excluding hydrogens is 404 g/mol. The van der Waals surface area contributed by atoms with Crippen molar-refractivity contribution in [1.82, 2.24) is 9.97 Å². The Hall–Kier alpha value is -4.46. The van der Waals surface area contributed by atoms with Gasteiger partial charge in [-0.05, 0) is 36.4 Å². The molecule has 4 N–H and O–H groups in total. The normalized spacial score (nSPS) is 10.3. The highest BCUT2D eigenvalue weighted by molar-refractivity contribution is 5.81. The number of nitrogens with one attached hydrogen (secondary N) is 2. The number of benzene rings is 3. The van der Waals surface area contributed by atoms with E-state index in [1.54, 1.807) is 14.2 Å². The van der Waals surface area contributed by atoms with E-state index in [0.29, 0.717) is 34.5 Å². The predicted molar refractivity (Wildman–Crippen MR) is 128 cm³/mol. The lowest BCUT2D eigenvalue weighted by Crippen LogP contribution is -2.26. The Morgan fingerprint density at radius 2 is 1.41 bits per heavy atom. The van der Waals surface area contributed by atoms with Crippen LogP contribution in [-0.4, -0.2) is 24.2 Å². The van der Waals surface area contributed by atoms with Crippen LogP contribution in [0.15, 0.2) is 85.2 Å². The Morgan fingerprint density at radius 1 is 0.781 bits per heavy atom. The summed E-state index contributed by atoms with van der Waals surface area (Å²) >= 11 is 0. The van der Waals surface area contributed by atoms with E-state index in [1.807, 2.05) is 83.9 Å². The summed E-state index contributed by atoms with van der Waals surface area (Å²) in [5, 5.41) is 5.13. The second-order valence-electron chi connectivity index (χ2n) is 6.79. The molecule has 0 saturated carbocycles. The standard InChI is InChI=1S/C24H24N6O2/c1-31-19-13-14-21(32-2)20(15-19)28-23-22(25)24(27-16-26-23)29-30(17-9-5-3-6-10-17)18-11-7-4-8-12-18/h3-16H,25H2,1-2H3,(H2,26,27,28,29). The Bertz CT molecular complexity index is 1130. The van der Waals surface area contributed by atoms with Crippen LogP contribution in [0, 0.1) is 0 Å². The lowest BCUT2D eigenvalue weighted by molar-refractivity contribution is 0.405. The van der Waals surface area contributed by atoms with Gasteiger partial charge < -0.3 is 20.5 Å². The molecule has 0 bridgehead atoms. The van der Waals surface area contributed by atoms with Crippen molar-refractivity contribution in [3.63, 3.8) is 0 Å². The van der Waals surface area contributed by atoms with Gasteiger partial charge in [-0.2, -0.15) is 0 Å². The Labute approximate surface area is 186 Å². The molecule has 1 heterocycles. The van der Waals surface area contributed by atoms with Crippen LogP contribution in [0.2, 0.25) is 0 Å². The maximum absolute atomic E-state index is 6.45. The van der Waals surface area contributed by atoms with Gasteiger partial charge in [0, 0.05) is 6.07 Å². The van der Waals surface area contributed by atoms with Crippen LogP contribution < -0.4 is 31.0 Å². The number of nitrogens with zero attached hydrogens (tertiary/aromatic N) is 3. The number of hydrazine groups is 1. The van der Waals surface area contributed by atoms with E-state index in [9.17, 15) is 0 Å². The van der Waals surface area contributed by atoms with Gasteiger partial charge in [-0.3, -0.25) is 10.4 Å². The molecule has 3 aromatic carbocycles. The largest absolute Gasteiger partial charge is 0.497 e. The van der Waals surface area contributed by atoms with Crippen LogP contribution in [0.25, 0.3) is 0 Å². The highest BCUT2D eigenvalue weighted by Crippen LogP contribution is 2.35. The average Bonchev–Trinajstić information content (AvgIpc) is 2.85. The third-order valence-corrected chi connectivity index (χ3v) is 4.79. The first kappa shape index (κ1) is 20.8. The van der Waals surface area contributed by atoms with Gasteiger partial charge in [0.2, 0.25) is 0 Å². The second-order valence-corrected chi connectivity index (χ2v) is 6.79. The van der Waals surface area contributed by atoms with Crippen molar-refractivity contribution in [2.24, 2.45) is 0 Å². The van der Waals surface area contributed by atoms with Crippen molar-refractivity contribution in [3.05, 3.63) is 85.2 Å². The lowest BCUT2D eigenvalue weighted by Gasteiger charge is -2.27. The minimum absolute atomic E-state index is 0.356. The molecule has 8 heteroatoms. The van der Waals surface area contributed by atoms with Gasteiger partial charge in [0.15, 0.2) is 11.6 Å². The fourth-order valence-electron chi connectivity index (χ4n) is 3.16. The van der Waals surface area contributed by atoms with Gasteiger partial charge >= 0.3 is 0 Å². The zero-order chi connectivity index (χ0) is 22.3. The molecule has 8 nitrogen and oxygen atoms in total. The Kier molecular flexibility index (Phi) is 6.22. The lowest BCUT2D eigenvalue weighted by atomic mass is 10.2. The topological polar surface area (TPSA) is 97.6 Å². The van der Waals surface area contributed by atoms with Gasteiger partial charge in [-0.25, -0.2) is 9.97 Å². The number of methoxy groups -OCH3 is 2. The van der Waals surface area contributed by atoms with Crippen molar-refractivity contribution in [3.8, 4) is 11.5 Å². The van der Waals surface area contributed by atoms with Gasteiger partial charge in [0.1, 0.15) is 23.5 Å². The molecule has 0 saturated heterocycles. The van der Waals surface area contributed by atoms with Crippen LogP contribution in [-0.2, 0) is 0 Å². The Balaban J connectivity index is 1.67. The molecule has 0 aliphatic heterocycles. The maximum Gasteiger partial charge on any atom is 0.173 e. The number of hydrogen-bond donors (Lipinski definition) is 3. The highest BCUT2D eigenvalue weighted by Gasteiger charge is 2.15. The first-order valence-corrected chi connectivity index (χ1v) is 9.96. The molecular formula is C24H24N6O2. The van der Waals surface area contributed by atoms with Gasteiger partial charge in [-0.15, -0.1) is 0 Å². The SMILES string of the molecule is COc1ccc(OC)c(Nc2ncnc(NN(c3ccccc3)c3ccccc3)c2N)c1. The predicted octanol–water partition coefficient (Wildman–Crippen LogP) is 4.98. The number of hydrogen-bond acceptors (Lipinski definition) is 8. The summed E-state index contributed by atoms with van der Waals surface area (Å²) in [5.74, 6) is 2.21. The monoisotopic (exact) mass is 428 g/mol. The summed E-state index contributed by atoms with van der Waals surface area (Å²) in [7, 11) is 3.20. The minimum Gasteiger partial charge on any atom is -0.497 e. The number of anilines is 6. The first-order valence-electron chi connectivity index (χ1n) is 9.96. The van der Waals surface area contributed by atoms with E-state index in [1.165, 1.54) is 6.33 Å². The molecule has 4 rings (SSSR count). The van der Waals surface area contributed by atoms with Crippen LogP contribution in [0.3, 0.4) is 0 Å². The van der Waals surface area contributed by atoms with Crippen molar-refractivity contribution in [1.29, 1.82) is 0 Å². The molecule has 0 unspecified atom stereocenters. The molecule has 32 heavy (non-hydrogen) atoms. The number of para-hydroxylation sites is 2.